The molecule has 30 heavy (non-hydrogen) atoms. The largest absolute Gasteiger partial charge is 0.507 e. The van der Waals surface area contributed by atoms with E-state index in [1.807, 2.05) is 0 Å². The topological polar surface area (TPSA) is 96.3 Å². The Balaban J connectivity index is 2.11. The standard InChI is InChI=1S/C22H22FNO6/c1-29-17-5-3-2-4-16(17)19-18(20(26)14-6-8-15(23)9-7-14)21(27)22(28)24(19)10-12-30-13-11-25/h2-9,19,25-26H,10-13H2,1H3. The number of nitrogens with zero attached hydrogens (tertiary/aromatic N) is 1. The first kappa shape index (κ1) is 21.5. The van der Waals surface area contributed by atoms with Crippen molar-refractivity contribution in [2.45, 2.75) is 6.04 Å². The summed E-state index contributed by atoms with van der Waals surface area (Å²) in [4.78, 5) is 26.9. The first-order chi connectivity index (χ1) is 14.5. The maximum atomic E-state index is 13.3. The van der Waals surface area contributed by atoms with Gasteiger partial charge in [-0.1, -0.05) is 18.2 Å². The van der Waals surface area contributed by atoms with Crippen molar-refractivity contribution in [2.75, 3.05) is 33.5 Å². The molecule has 158 valence electrons. The van der Waals surface area contributed by atoms with Gasteiger partial charge in [0.2, 0.25) is 0 Å². The van der Waals surface area contributed by atoms with Gasteiger partial charge in [0, 0.05) is 17.7 Å². The van der Waals surface area contributed by atoms with Gasteiger partial charge >= 0.3 is 0 Å². The summed E-state index contributed by atoms with van der Waals surface area (Å²) in [5.74, 6) is -2.09. The van der Waals surface area contributed by atoms with Crippen LogP contribution in [0, 0.1) is 5.82 Å². The first-order valence-corrected chi connectivity index (χ1v) is 9.35. The minimum atomic E-state index is -0.913. The van der Waals surface area contributed by atoms with Gasteiger partial charge in [0.25, 0.3) is 11.7 Å². The molecule has 2 aromatic rings. The van der Waals surface area contributed by atoms with Gasteiger partial charge in [0.1, 0.15) is 17.3 Å². The first-order valence-electron chi connectivity index (χ1n) is 9.35. The number of ether oxygens (including phenoxy) is 2. The number of methoxy groups -OCH3 is 1. The lowest BCUT2D eigenvalue weighted by atomic mass is 9.94. The van der Waals surface area contributed by atoms with Crippen molar-refractivity contribution in [1.29, 1.82) is 0 Å². The number of aliphatic hydroxyl groups excluding tert-OH is 2. The van der Waals surface area contributed by atoms with E-state index in [0.717, 1.165) is 12.1 Å². The normalized spacial score (nSPS) is 18.1. The average molecular weight is 415 g/mol. The van der Waals surface area contributed by atoms with Crippen LogP contribution in [-0.2, 0) is 14.3 Å². The van der Waals surface area contributed by atoms with Crippen LogP contribution < -0.4 is 4.74 Å². The van der Waals surface area contributed by atoms with E-state index >= 15 is 0 Å². The summed E-state index contributed by atoms with van der Waals surface area (Å²) in [5, 5.41) is 19.7. The van der Waals surface area contributed by atoms with Gasteiger partial charge in [-0.15, -0.1) is 0 Å². The zero-order valence-electron chi connectivity index (χ0n) is 16.4. The van der Waals surface area contributed by atoms with Gasteiger partial charge in [-0.05, 0) is 30.3 Å². The Morgan fingerprint density at radius 2 is 1.80 bits per heavy atom. The fraction of sp³-hybridized carbons (Fsp3) is 0.273. The molecule has 1 fully saturated rings. The number of hydrogen-bond acceptors (Lipinski definition) is 6. The van der Waals surface area contributed by atoms with E-state index in [2.05, 4.69) is 0 Å². The van der Waals surface area contributed by atoms with Gasteiger partial charge in [-0.25, -0.2) is 4.39 Å². The van der Waals surface area contributed by atoms with E-state index in [9.17, 15) is 19.1 Å². The molecule has 0 aromatic heterocycles. The maximum absolute atomic E-state index is 13.3. The van der Waals surface area contributed by atoms with Crippen molar-refractivity contribution in [3.05, 3.63) is 71.0 Å². The third kappa shape index (κ3) is 4.19. The highest BCUT2D eigenvalue weighted by atomic mass is 19.1. The third-order valence-electron chi connectivity index (χ3n) is 4.80. The summed E-state index contributed by atoms with van der Waals surface area (Å²) in [7, 11) is 1.47. The molecule has 8 heteroatoms. The monoisotopic (exact) mass is 415 g/mol. The molecule has 7 nitrogen and oxygen atoms in total. The fourth-order valence-corrected chi connectivity index (χ4v) is 3.42. The Hall–Kier alpha value is -3.23. The fourth-order valence-electron chi connectivity index (χ4n) is 3.42. The molecule has 1 amide bonds. The number of carbonyl (C=O) groups is 2. The van der Waals surface area contributed by atoms with Crippen molar-refractivity contribution in [1.82, 2.24) is 4.90 Å². The van der Waals surface area contributed by atoms with Crippen LogP contribution in [0.3, 0.4) is 0 Å². The maximum Gasteiger partial charge on any atom is 0.295 e. The van der Waals surface area contributed by atoms with Crippen molar-refractivity contribution >= 4 is 17.4 Å². The molecule has 0 radical (unpaired) electrons. The van der Waals surface area contributed by atoms with Crippen molar-refractivity contribution in [3.63, 3.8) is 0 Å². The van der Waals surface area contributed by atoms with Crippen LogP contribution in [0.4, 0.5) is 4.39 Å². The molecule has 0 bridgehead atoms. The molecular formula is C22H22FNO6. The molecule has 1 atom stereocenters. The van der Waals surface area contributed by atoms with Crippen LogP contribution in [0.5, 0.6) is 5.75 Å². The summed E-state index contributed by atoms with van der Waals surface area (Å²) in [6.07, 6.45) is 0. The Morgan fingerprint density at radius 1 is 1.10 bits per heavy atom. The molecule has 1 saturated heterocycles. The Kier molecular flexibility index (Phi) is 6.81. The molecule has 0 aliphatic carbocycles. The van der Waals surface area contributed by atoms with E-state index in [0.29, 0.717) is 11.3 Å². The number of para-hydroxylation sites is 1. The minimum Gasteiger partial charge on any atom is -0.507 e. The van der Waals surface area contributed by atoms with Crippen LogP contribution in [0.1, 0.15) is 17.2 Å². The Morgan fingerprint density at radius 3 is 2.47 bits per heavy atom. The predicted molar refractivity (Wildman–Crippen MR) is 106 cm³/mol. The van der Waals surface area contributed by atoms with E-state index in [4.69, 9.17) is 14.6 Å². The number of hydrogen-bond donors (Lipinski definition) is 2. The third-order valence-corrected chi connectivity index (χ3v) is 4.80. The highest BCUT2D eigenvalue weighted by Gasteiger charge is 2.46. The number of likely N-dealkylation sites (tertiary alicyclic amines) is 1. The molecule has 3 rings (SSSR count). The van der Waals surface area contributed by atoms with Crippen LogP contribution in [0.2, 0.25) is 0 Å². The molecular weight excluding hydrogens is 393 g/mol. The Bertz CT molecular complexity index is 956. The SMILES string of the molecule is COc1ccccc1C1C(=C(O)c2ccc(F)cc2)C(=O)C(=O)N1CCOCCO. The lowest BCUT2D eigenvalue weighted by molar-refractivity contribution is -0.140. The predicted octanol–water partition coefficient (Wildman–Crippen LogP) is 2.26. The molecule has 1 aliphatic rings. The number of amides is 1. The summed E-state index contributed by atoms with van der Waals surface area (Å²) in [5.41, 5.74) is 0.620. The van der Waals surface area contributed by atoms with E-state index in [-0.39, 0.29) is 37.5 Å². The van der Waals surface area contributed by atoms with Gasteiger partial charge in [0.05, 0.1) is 38.5 Å². The van der Waals surface area contributed by atoms with Gasteiger partial charge < -0.3 is 24.6 Å². The molecule has 1 aliphatic heterocycles. The van der Waals surface area contributed by atoms with Gasteiger partial charge in [0.15, 0.2) is 0 Å². The van der Waals surface area contributed by atoms with Crippen LogP contribution >= 0.6 is 0 Å². The summed E-state index contributed by atoms with van der Waals surface area (Å²) < 4.78 is 24.0. The summed E-state index contributed by atoms with van der Waals surface area (Å²) in [6, 6.07) is 11.0. The molecule has 2 aromatic carbocycles. The minimum absolute atomic E-state index is 0.0630. The number of halogens is 1. The number of Topliss-reactive ketones (excluding diaryl/α,β-unsaturated/α-hetero) is 1. The summed E-state index contributed by atoms with van der Waals surface area (Å²) >= 11 is 0. The molecule has 0 spiro atoms. The number of rotatable bonds is 8. The second-order valence-corrected chi connectivity index (χ2v) is 6.58. The van der Waals surface area contributed by atoms with Crippen molar-refractivity contribution in [3.8, 4) is 5.75 Å². The molecule has 1 heterocycles. The van der Waals surface area contributed by atoms with E-state index in [1.54, 1.807) is 24.3 Å². The van der Waals surface area contributed by atoms with Crippen molar-refractivity contribution < 1.29 is 33.7 Å². The van der Waals surface area contributed by atoms with Crippen LogP contribution in [-0.4, -0.2) is 60.3 Å². The van der Waals surface area contributed by atoms with E-state index in [1.165, 1.54) is 24.1 Å². The number of carbonyl (C=O) groups excluding carboxylic acids is 2. The lowest BCUT2D eigenvalue weighted by Gasteiger charge is -2.26. The second-order valence-electron chi connectivity index (χ2n) is 6.58. The van der Waals surface area contributed by atoms with E-state index < -0.39 is 29.3 Å². The smallest absolute Gasteiger partial charge is 0.295 e. The average Bonchev–Trinajstić information content (AvgIpc) is 3.01. The van der Waals surface area contributed by atoms with Gasteiger partial charge in [-0.3, -0.25) is 9.59 Å². The molecule has 2 N–H and O–H groups in total. The van der Waals surface area contributed by atoms with Crippen molar-refractivity contribution in [2.24, 2.45) is 0 Å². The molecule has 1 unspecified atom stereocenters. The zero-order valence-corrected chi connectivity index (χ0v) is 16.4. The highest BCUT2D eigenvalue weighted by Crippen LogP contribution is 2.42. The molecule has 0 saturated carbocycles. The van der Waals surface area contributed by atoms with Crippen LogP contribution in [0.15, 0.2) is 54.1 Å². The van der Waals surface area contributed by atoms with Gasteiger partial charge in [-0.2, -0.15) is 0 Å². The Labute approximate surface area is 173 Å². The number of aliphatic hydroxyl groups is 2. The number of benzene rings is 2. The lowest BCUT2D eigenvalue weighted by Crippen LogP contribution is -2.33. The zero-order chi connectivity index (χ0) is 21.7. The summed E-state index contributed by atoms with van der Waals surface area (Å²) in [6.45, 7) is 0.0848. The highest BCUT2D eigenvalue weighted by molar-refractivity contribution is 6.46. The number of ketones is 1. The van der Waals surface area contributed by atoms with Crippen LogP contribution in [0.25, 0.3) is 5.76 Å². The second kappa shape index (κ2) is 9.51. The quantitative estimate of drug-likeness (QED) is 0.297.